The fraction of sp³-hybridized carbons (Fsp3) is 0.0952. The van der Waals surface area contributed by atoms with E-state index < -0.39 is 0 Å². The topological polar surface area (TPSA) is 78.8 Å². The molecule has 0 heterocycles. The maximum Gasteiger partial charge on any atom is 0.338 e. The summed E-state index contributed by atoms with van der Waals surface area (Å²) in [5.41, 5.74) is 2.76. The molecule has 0 aromatic heterocycles. The Kier molecular flexibility index (Phi) is 5.39. The number of esters is 1. The van der Waals surface area contributed by atoms with Crippen LogP contribution in [0, 0.1) is 0 Å². The molecule has 3 aromatic rings. The third-order valence-corrected chi connectivity index (χ3v) is 3.88. The largest absolute Gasteiger partial charge is 0.508 e. The van der Waals surface area contributed by atoms with Crippen molar-refractivity contribution in [1.82, 2.24) is 0 Å². The van der Waals surface area contributed by atoms with Crippen LogP contribution in [0.4, 0.5) is 5.69 Å². The average Bonchev–Trinajstić information content (AvgIpc) is 2.68. The number of rotatable bonds is 6. The Morgan fingerprint density at radius 2 is 1.65 bits per heavy atom. The minimum atomic E-state index is -0.383. The SMILES string of the molecule is O=C(OCc1ccccc1)c1ccc(NCc2cc(O)ccc2O)cc1. The van der Waals surface area contributed by atoms with Crippen LogP contribution in [-0.4, -0.2) is 16.2 Å². The van der Waals surface area contributed by atoms with Crippen LogP contribution in [0.1, 0.15) is 21.5 Å². The van der Waals surface area contributed by atoms with Crippen LogP contribution in [-0.2, 0) is 17.9 Å². The van der Waals surface area contributed by atoms with Gasteiger partial charge in [-0.1, -0.05) is 30.3 Å². The zero-order valence-electron chi connectivity index (χ0n) is 14.1. The maximum absolute atomic E-state index is 12.1. The Bertz CT molecular complexity index is 876. The number of aromatic hydroxyl groups is 2. The number of benzene rings is 3. The van der Waals surface area contributed by atoms with Gasteiger partial charge in [-0.2, -0.15) is 0 Å². The van der Waals surface area contributed by atoms with E-state index in [1.165, 1.54) is 18.2 Å². The van der Waals surface area contributed by atoms with Crippen molar-refractivity contribution in [2.75, 3.05) is 5.32 Å². The molecule has 0 aliphatic carbocycles. The molecule has 0 saturated heterocycles. The number of hydrogen-bond donors (Lipinski definition) is 3. The van der Waals surface area contributed by atoms with E-state index >= 15 is 0 Å². The minimum Gasteiger partial charge on any atom is -0.508 e. The molecule has 3 rings (SSSR count). The third-order valence-electron chi connectivity index (χ3n) is 3.88. The number of phenolic OH excluding ortho intramolecular Hbond substituents is 2. The van der Waals surface area contributed by atoms with Crippen molar-refractivity contribution in [2.45, 2.75) is 13.2 Å². The molecule has 0 aliphatic heterocycles. The summed E-state index contributed by atoms with van der Waals surface area (Å²) < 4.78 is 5.29. The standard InChI is InChI=1S/C21H19NO4/c23-19-10-11-20(24)17(12-19)13-22-18-8-6-16(7-9-18)21(25)26-14-15-4-2-1-3-5-15/h1-12,22-24H,13-14H2. The van der Waals surface area contributed by atoms with Gasteiger partial charge in [0.2, 0.25) is 0 Å². The molecule has 0 saturated carbocycles. The number of ether oxygens (including phenoxy) is 1. The molecular weight excluding hydrogens is 330 g/mol. The lowest BCUT2D eigenvalue weighted by atomic mass is 10.1. The van der Waals surface area contributed by atoms with E-state index in [-0.39, 0.29) is 24.1 Å². The molecule has 3 N–H and O–H groups in total. The van der Waals surface area contributed by atoms with E-state index in [0.717, 1.165) is 11.3 Å². The van der Waals surface area contributed by atoms with E-state index in [1.807, 2.05) is 30.3 Å². The number of phenols is 2. The second-order valence-electron chi connectivity index (χ2n) is 5.81. The van der Waals surface area contributed by atoms with Crippen molar-refractivity contribution in [1.29, 1.82) is 0 Å². The molecule has 0 aliphatic rings. The van der Waals surface area contributed by atoms with Crippen LogP contribution in [0.25, 0.3) is 0 Å². The summed E-state index contributed by atoms with van der Waals surface area (Å²) in [6.07, 6.45) is 0. The van der Waals surface area contributed by atoms with Crippen molar-refractivity contribution in [3.8, 4) is 11.5 Å². The first-order valence-electron chi connectivity index (χ1n) is 8.17. The normalized spacial score (nSPS) is 10.3. The molecule has 0 radical (unpaired) electrons. The molecule has 0 unspecified atom stereocenters. The van der Waals surface area contributed by atoms with Crippen LogP contribution in [0.3, 0.4) is 0 Å². The molecule has 132 valence electrons. The van der Waals surface area contributed by atoms with Crippen LogP contribution >= 0.6 is 0 Å². The summed E-state index contributed by atoms with van der Waals surface area (Å²) in [5.74, 6) is -0.182. The zero-order valence-corrected chi connectivity index (χ0v) is 14.1. The first-order chi connectivity index (χ1) is 12.6. The average molecular weight is 349 g/mol. The van der Waals surface area contributed by atoms with E-state index in [1.54, 1.807) is 24.3 Å². The Labute approximate surface area is 151 Å². The highest BCUT2D eigenvalue weighted by molar-refractivity contribution is 5.89. The minimum absolute atomic E-state index is 0.0936. The highest BCUT2D eigenvalue weighted by Crippen LogP contribution is 2.23. The summed E-state index contributed by atoms with van der Waals surface area (Å²) in [7, 11) is 0. The summed E-state index contributed by atoms with van der Waals surface area (Å²) in [6.45, 7) is 0.578. The maximum atomic E-state index is 12.1. The van der Waals surface area contributed by atoms with Gasteiger partial charge in [0.05, 0.1) is 5.56 Å². The van der Waals surface area contributed by atoms with Gasteiger partial charge in [0.1, 0.15) is 18.1 Å². The van der Waals surface area contributed by atoms with Crippen molar-refractivity contribution in [3.63, 3.8) is 0 Å². The quantitative estimate of drug-likeness (QED) is 0.462. The predicted octanol–water partition coefficient (Wildman–Crippen LogP) is 4.07. The Morgan fingerprint density at radius 3 is 2.38 bits per heavy atom. The van der Waals surface area contributed by atoms with Gasteiger partial charge >= 0.3 is 5.97 Å². The summed E-state index contributed by atoms with van der Waals surface area (Å²) in [4.78, 5) is 12.1. The van der Waals surface area contributed by atoms with Crippen LogP contribution in [0.15, 0.2) is 72.8 Å². The van der Waals surface area contributed by atoms with Gasteiger partial charge < -0.3 is 20.3 Å². The summed E-state index contributed by atoms with van der Waals surface area (Å²) in [5, 5.41) is 22.4. The summed E-state index contributed by atoms with van der Waals surface area (Å²) >= 11 is 0. The lowest BCUT2D eigenvalue weighted by molar-refractivity contribution is 0.0472. The number of carbonyl (C=O) groups excluding carboxylic acids is 1. The molecule has 3 aromatic carbocycles. The van der Waals surface area contributed by atoms with Crippen molar-refractivity contribution >= 4 is 11.7 Å². The van der Waals surface area contributed by atoms with Crippen molar-refractivity contribution < 1.29 is 19.7 Å². The van der Waals surface area contributed by atoms with Gasteiger partial charge in [-0.15, -0.1) is 0 Å². The third kappa shape index (κ3) is 4.54. The fourth-order valence-electron chi connectivity index (χ4n) is 2.44. The molecule has 0 amide bonds. The van der Waals surface area contributed by atoms with Crippen LogP contribution < -0.4 is 5.32 Å². The zero-order chi connectivity index (χ0) is 18.4. The van der Waals surface area contributed by atoms with Crippen LogP contribution in [0.2, 0.25) is 0 Å². The van der Waals surface area contributed by atoms with E-state index in [0.29, 0.717) is 17.7 Å². The Hall–Kier alpha value is -3.47. The Balaban J connectivity index is 1.56. The van der Waals surface area contributed by atoms with E-state index in [4.69, 9.17) is 4.74 Å². The van der Waals surface area contributed by atoms with E-state index in [9.17, 15) is 15.0 Å². The molecule has 26 heavy (non-hydrogen) atoms. The molecule has 0 bridgehead atoms. The van der Waals surface area contributed by atoms with Gasteiger partial charge in [0.15, 0.2) is 0 Å². The molecule has 0 spiro atoms. The second-order valence-corrected chi connectivity index (χ2v) is 5.81. The molecule has 0 atom stereocenters. The summed E-state index contributed by atoms with van der Waals surface area (Å²) in [6, 6.07) is 20.8. The number of carbonyl (C=O) groups is 1. The molecule has 0 fully saturated rings. The Morgan fingerprint density at radius 1 is 0.923 bits per heavy atom. The first kappa shape index (κ1) is 17.4. The molecular formula is C21H19NO4. The van der Waals surface area contributed by atoms with Gasteiger partial charge in [-0.25, -0.2) is 4.79 Å². The second kappa shape index (κ2) is 8.07. The lowest BCUT2D eigenvalue weighted by Crippen LogP contribution is -2.05. The van der Waals surface area contributed by atoms with Gasteiger partial charge in [-0.3, -0.25) is 0 Å². The van der Waals surface area contributed by atoms with Gasteiger partial charge in [-0.05, 0) is 48.0 Å². The predicted molar refractivity (Wildman–Crippen MR) is 99.1 cm³/mol. The van der Waals surface area contributed by atoms with Crippen molar-refractivity contribution in [2.24, 2.45) is 0 Å². The lowest BCUT2D eigenvalue weighted by Gasteiger charge is -2.09. The fourth-order valence-corrected chi connectivity index (χ4v) is 2.44. The number of hydrogen-bond acceptors (Lipinski definition) is 5. The van der Waals surface area contributed by atoms with E-state index in [2.05, 4.69) is 5.32 Å². The number of nitrogens with one attached hydrogen (secondary N) is 1. The van der Waals surface area contributed by atoms with Gasteiger partial charge in [0.25, 0.3) is 0 Å². The van der Waals surface area contributed by atoms with Crippen molar-refractivity contribution in [3.05, 3.63) is 89.5 Å². The number of anilines is 1. The molecule has 5 heteroatoms. The van der Waals surface area contributed by atoms with Crippen LogP contribution in [0.5, 0.6) is 11.5 Å². The molecule has 5 nitrogen and oxygen atoms in total. The first-order valence-corrected chi connectivity index (χ1v) is 8.17. The monoisotopic (exact) mass is 349 g/mol. The van der Waals surface area contributed by atoms with Gasteiger partial charge in [0, 0.05) is 17.8 Å². The highest BCUT2D eigenvalue weighted by Gasteiger charge is 2.08. The highest BCUT2D eigenvalue weighted by atomic mass is 16.5. The smallest absolute Gasteiger partial charge is 0.338 e.